The normalized spacial score (nSPS) is 22.4. The molecule has 1 amide bonds. The maximum atomic E-state index is 12.4. The fraction of sp³-hybridized carbons (Fsp3) is 0.632. The smallest absolute Gasteiger partial charge is 0.237 e. The summed E-state index contributed by atoms with van der Waals surface area (Å²) >= 11 is 0. The van der Waals surface area contributed by atoms with E-state index in [2.05, 4.69) is 16.7 Å². The molecule has 2 heterocycles. The van der Waals surface area contributed by atoms with Crippen molar-refractivity contribution in [1.82, 2.24) is 10.6 Å². The number of nitrogens with one attached hydrogen (secondary N) is 2. The van der Waals surface area contributed by atoms with Crippen LogP contribution in [0.5, 0.6) is 11.5 Å². The van der Waals surface area contributed by atoms with E-state index in [1.807, 2.05) is 12.1 Å². The van der Waals surface area contributed by atoms with Crippen LogP contribution in [0.2, 0.25) is 0 Å². The van der Waals surface area contributed by atoms with Crippen LogP contribution >= 0.6 is 0 Å². The number of carbonyl (C=O) groups excluding carboxylic acids is 1. The van der Waals surface area contributed by atoms with Gasteiger partial charge in [0.2, 0.25) is 5.91 Å². The highest BCUT2D eigenvalue weighted by molar-refractivity contribution is 5.82. The minimum absolute atomic E-state index is 0.0534. The Labute approximate surface area is 149 Å². The second kappa shape index (κ2) is 8.06. The van der Waals surface area contributed by atoms with Gasteiger partial charge in [-0.2, -0.15) is 0 Å². The first-order chi connectivity index (χ1) is 12.2. The Kier molecular flexibility index (Phi) is 5.81. The average molecular weight is 348 g/mol. The predicted octanol–water partition coefficient (Wildman–Crippen LogP) is 1.62. The lowest BCUT2D eigenvalue weighted by molar-refractivity contribution is -0.123. The molecule has 2 saturated heterocycles. The van der Waals surface area contributed by atoms with Gasteiger partial charge in [0, 0.05) is 25.2 Å². The zero-order valence-corrected chi connectivity index (χ0v) is 15.1. The lowest BCUT2D eigenvalue weighted by atomic mass is 9.74. The number of amides is 1. The van der Waals surface area contributed by atoms with Crippen LogP contribution in [0.15, 0.2) is 18.2 Å². The van der Waals surface area contributed by atoms with Crippen molar-refractivity contribution in [2.75, 3.05) is 40.5 Å². The summed E-state index contributed by atoms with van der Waals surface area (Å²) in [5.74, 6) is 1.53. The molecule has 0 bridgehead atoms. The van der Waals surface area contributed by atoms with Crippen LogP contribution < -0.4 is 20.1 Å². The van der Waals surface area contributed by atoms with Crippen molar-refractivity contribution in [3.05, 3.63) is 23.8 Å². The molecular weight excluding hydrogens is 320 g/mol. The Hall–Kier alpha value is -1.79. The summed E-state index contributed by atoms with van der Waals surface area (Å²) in [7, 11) is 3.28. The number of hydrogen-bond donors (Lipinski definition) is 2. The van der Waals surface area contributed by atoms with E-state index < -0.39 is 0 Å². The zero-order chi connectivity index (χ0) is 17.7. The minimum atomic E-state index is -0.133. The van der Waals surface area contributed by atoms with Crippen LogP contribution in [0.4, 0.5) is 0 Å². The van der Waals surface area contributed by atoms with Crippen molar-refractivity contribution < 1.29 is 19.0 Å². The van der Waals surface area contributed by atoms with Gasteiger partial charge in [0.25, 0.3) is 0 Å². The van der Waals surface area contributed by atoms with E-state index in [0.29, 0.717) is 25.5 Å². The van der Waals surface area contributed by atoms with Gasteiger partial charge >= 0.3 is 0 Å². The standard InChI is InChI=1S/C19H28N2O4/c1-23-16-6-5-14(12-17(16)24-2)19(7-10-25-11-8-19)13-21-18(22)15-4-3-9-20-15/h5-6,12,15,20H,3-4,7-11,13H2,1-2H3,(H,21,22)/t15-/m0/s1. The molecule has 0 aliphatic carbocycles. The Morgan fingerprint density at radius 3 is 2.68 bits per heavy atom. The van der Waals surface area contributed by atoms with E-state index in [9.17, 15) is 4.79 Å². The molecule has 0 radical (unpaired) electrons. The van der Waals surface area contributed by atoms with Gasteiger partial charge in [-0.3, -0.25) is 4.79 Å². The van der Waals surface area contributed by atoms with Crippen LogP contribution in [-0.4, -0.2) is 52.5 Å². The summed E-state index contributed by atoms with van der Waals surface area (Å²) in [6.07, 6.45) is 3.73. The minimum Gasteiger partial charge on any atom is -0.493 e. The molecule has 6 nitrogen and oxygen atoms in total. The van der Waals surface area contributed by atoms with Crippen LogP contribution in [0, 0.1) is 0 Å². The van der Waals surface area contributed by atoms with Crippen LogP contribution in [0.3, 0.4) is 0 Å². The SMILES string of the molecule is COc1ccc(C2(CNC(=O)[C@@H]3CCCN3)CCOCC2)cc1OC. The van der Waals surface area contributed by atoms with Gasteiger partial charge in [-0.05, 0) is 49.9 Å². The summed E-state index contributed by atoms with van der Waals surface area (Å²) in [5, 5.41) is 6.43. The lowest BCUT2D eigenvalue weighted by Crippen LogP contribution is -2.48. The Morgan fingerprint density at radius 2 is 2.04 bits per heavy atom. The molecule has 0 spiro atoms. The molecular formula is C19H28N2O4. The van der Waals surface area contributed by atoms with E-state index in [1.165, 1.54) is 0 Å². The number of benzene rings is 1. The molecule has 3 rings (SSSR count). The van der Waals surface area contributed by atoms with Crippen molar-refractivity contribution in [3.63, 3.8) is 0 Å². The maximum absolute atomic E-state index is 12.4. The molecule has 0 aromatic heterocycles. The second-order valence-electron chi connectivity index (χ2n) is 6.83. The zero-order valence-electron chi connectivity index (χ0n) is 15.1. The molecule has 2 fully saturated rings. The summed E-state index contributed by atoms with van der Waals surface area (Å²) in [6.45, 7) is 2.94. The number of methoxy groups -OCH3 is 2. The molecule has 6 heteroatoms. The maximum Gasteiger partial charge on any atom is 0.237 e. The molecule has 1 aromatic rings. The molecule has 1 atom stereocenters. The number of hydrogen-bond acceptors (Lipinski definition) is 5. The highest BCUT2D eigenvalue weighted by atomic mass is 16.5. The number of ether oxygens (including phenoxy) is 3. The van der Waals surface area contributed by atoms with Gasteiger partial charge in [0.15, 0.2) is 11.5 Å². The van der Waals surface area contributed by atoms with E-state index in [4.69, 9.17) is 14.2 Å². The first-order valence-corrected chi connectivity index (χ1v) is 9.00. The third-order valence-electron chi connectivity index (χ3n) is 5.42. The van der Waals surface area contributed by atoms with E-state index in [0.717, 1.165) is 43.5 Å². The highest BCUT2D eigenvalue weighted by Crippen LogP contribution is 2.38. The van der Waals surface area contributed by atoms with Crippen LogP contribution in [-0.2, 0) is 14.9 Å². The van der Waals surface area contributed by atoms with E-state index in [1.54, 1.807) is 14.2 Å². The van der Waals surface area contributed by atoms with Gasteiger partial charge < -0.3 is 24.8 Å². The van der Waals surface area contributed by atoms with Crippen molar-refractivity contribution in [1.29, 1.82) is 0 Å². The van der Waals surface area contributed by atoms with Crippen LogP contribution in [0.1, 0.15) is 31.2 Å². The average Bonchev–Trinajstić information content (AvgIpc) is 3.21. The summed E-state index contributed by atoms with van der Waals surface area (Å²) < 4.78 is 16.4. The number of carbonyl (C=O) groups is 1. The van der Waals surface area contributed by atoms with Crippen molar-refractivity contribution in [3.8, 4) is 11.5 Å². The molecule has 1 aromatic carbocycles. The fourth-order valence-corrected chi connectivity index (χ4v) is 3.78. The predicted molar refractivity (Wildman–Crippen MR) is 95.3 cm³/mol. The molecule has 2 N–H and O–H groups in total. The molecule has 25 heavy (non-hydrogen) atoms. The number of rotatable bonds is 6. The van der Waals surface area contributed by atoms with Gasteiger partial charge in [-0.25, -0.2) is 0 Å². The fourth-order valence-electron chi connectivity index (χ4n) is 3.78. The van der Waals surface area contributed by atoms with Crippen molar-refractivity contribution >= 4 is 5.91 Å². The van der Waals surface area contributed by atoms with E-state index in [-0.39, 0.29) is 17.4 Å². The third-order valence-corrected chi connectivity index (χ3v) is 5.42. The van der Waals surface area contributed by atoms with Crippen molar-refractivity contribution in [2.45, 2.75) is 37.1 Å². The first-order valence-electron chi connectivity index (χ1n) is 9.00. The molecule has 2 aliphatic rings. The molecule has 0 unspecified atom stereocenters. The topological polar surface area (TPSA) is 68.8 Å². The van der Waals surface area contributed by atoms with Crippen LogP contribution in [0.25, 0.3) is 0 Å². The highest BCUT2D eigenvalue weighted by Gasteiger charge is 2.36. The molecule has 0 saturated carbocycles. The summed E-state index contributed by atoms with van der Waals surface area (Å²) in [5.41, 5.74) is 1.03. The quantitative estimate of drug-likeness (QED) is 0.818. The molecule has 2 aliphatic heterocycles. The molecule has 138 valence electrons. The van der Waals surface area contributed by atoms with Gasteiger partial charge in [-0.15, -0.1) is 0 Å². The summed E-state index contributed by atoms with van der Waals surface area (Å²) in [4.78, 5) is 12.4. The van der Waals surface area contributed by atoms with Gasteiger partial charge in [0.1, 0.15) is 0 Å². The Balaban J connectivity index is 1.79. The largest absolute Gasteiger partial charge is 0.493 e. The Bertz CT molecular complexity index is 593. The first kappa shape index (κ1) is 18.0. The van der Waals surface area contributed by atoms with E-state index >= 15 is 0 Å². The van der Waals surface area contributed by atoms with Crippen molar-refractivity contribution in [2.24, 2.45) is 0 Å². The van der Waals surface area contributed by atoms with Gasteiger partial charge in [-0.1, -0.05) is 6.07 Å². The second-order valence-corrected chi connectivity index (χ2v) is 6.83. The third kappa shape index (κ3) is 3.90. The Morgan fingerprint density at radius 1 is 1.28 bits per heavy atom. The lowest BCUT2D eigenvalue weighted by Gasteiger charge is -2.38. The summed E-state index contributed by atoms with van der Waals surface area (Å²) in [6, 6.07) is 5.99. The van der Waals surface area contributed by atoms with Gasteiger partial charge in [0.05, 0.1) is 20.3 Å². The monoisotopic (exact) mass is 348 g/mol.